The molecule has 0 aromatic heterocycles. The maximum atomic E-state index is 11.4. The van der Waals surface area contributed by atoms with Crippen molar-refractivity contribution < 1.29 is 9.90 Å². The molecule has 0 heterocycles. The van der Waals surface area contributed by atoms with Crippen LogP contribution in [0.25, 0.3) is 0 Å². The van der Waals surface area contributed by atoms with Gasteiger partial charge in [-0.2, -0.15) is 0 Å². The monoisotopic (exact) mass is 232 g/mol. The zero-order valence-electron chi connectivity index (χ0n) is 11.2. The summed E-state index contributed by atoms with van der Waals surface area (Å²) in [6.07, 6.45) is 0. The fourth-order valence-corrected chi connectivity index (χ4v) is 3.55. The van der Waals surface area contributed by atoms with Crippen LogP contribution in [0.1, 0.15) is 53.5 Å². The molecule has 0 fully saturated rings. The molecule has 17 heavy (non-hydrogen) atoms. The van der Waals surface area contributed by atoms with Crippen LogP contribution in [0.15, 0.2) is 6.07 Å². The van der Waals surface area contributed by atoms with Crippen molar-refractivity contribution in [2.75, 3.05) is 0 Å². The van der Waals surface area contributed by atoms with E-state index in [1.165, 1.54) is 27.8 Å². The summed E-state index contributed by atoms with van der Waals surface area (Å²) in [5.74, 6) is -0.699. The highest BCUT2D eigenvalue weighted by molar-refractivity contribution is 5.75. The second-order valence-corrected chi connectivity index (χ2v) is 5.40. The van der Waals surface area contributed by atoms with E-state index in [4.69, 9.17) is 0 Å². The van der Waals surface area contributed by atoms with Crippen LogP contribution in [0.5, 0.6) is 0 Å². The molecule has 1 aromatic carbocycles. The van der Waals surface area contributed by atoms with Crippen LogP contribution in [0, 0.1) is 26.7 Å². The van der Waals surface area contributed by atoms with E-state index in [1.807, 2.05) is 13.8 Å². The maximum absolute atomic E-state index is 11.4. The van der Waals surface area contributed by atoms with Crippen molar-refractivity contribution in [1.29, 1.82) is 0 Å². The van der Waals surface area contributed by atoms with Crippen molar-refractivity contribution in [2.24, 2.45) is 5.92 Å². The first-order chi connectivity index (χ1) is 7.86. The molecule has 0 saturated heterocycles. The lowest BCUT2D eigenvalue weighted by Crippen LogP contribution is -2.19. The number of carbonyl (C=O) groups is 1. The lowest BCUT2D eigenvalue weighted by Gasteiger charge is -2.15. The average molecular weight is 232 g/mol. The van der Waals surface area contributed by atoms with Gasteiger partial charge in [0.25, 0.3) is 0 Å². The molecule has 1 N–H and O–H groups in total. The van der Waals surface area contributed by atoms with Gasteiger partial charge in [0.1, 0.15) is 0 Å². The predicted molar refractivity (Wildman–Crippen MR) is 68.6 cm³/mol. The van der Waals surface area contributed by atoms with E-state index in [-0.39, 0.29) is 17.8 Å². The number of benzene rings is 1. The molecule has 1 aromatic rings. The Morgan fingerprint density at radius 2 is 1.59 bits per heavy atom. The minimum absolute atomic E-state index is 0.121. The number of aryl methyl sites for hydroxylation is 2. The highest BCUT2D eigenvalue weighted by atomic mass is 16.4. The van der Waals surface area contributed by atoms with Crippen LogP contribution in [-0.4, -0.2) is 11.1 Å². The summed E-state index contributed by atoms with van der Waals surface area (Å²) in [4.78, 5) is 11.4. The third-order valence-corrected chi connectivity index (χ3v) is 4.42. The highest BCUT2D eigenvalue weighted by Crippen LogP contribution is 2.49. The third-order valence-electron chi connectivity index (χ3n) is 4.42. The van der Waals surface area contributed by atoms with Gasteiger partial charge in [-0.25, -0.2) is 0 Å². The molecule has 1 aliphatic rings. The predicted octanol–water partition coefficient (Wildman–Crippen LogP) is 3.53. The van der Waals surface area contributed by atoms with Crippen LogP contribution in [0.4, 0.5) is 0 Å². The first-order valence-corrected chi connectivity index (χ1v) is 6.19. The Morgan fingerprint density at radius 1 is 1.06 bits per heavy atom. The molecule has 3 atom stereocenters. The Hall–Kier alpha value is -1.31. The Morgan fingerprint density at radius 3 is 2.12 bits per heavy atom. The van der Waals surface area contributed by atoms with Gasteiger partial charge in [0.2, 0.25) is 0 Å². The zero-order chi connectivity index (χ0) is 12.9. The molecule has 2 rings (SSSR count). The summed E-state index contributed by atoms with van der Waals surface area (Å²) in [7, 11) is 0. The molecule has 0 saturated carbocycles. The number of aliphatic carboxylic acids is 1. The Kier molecular flexibility index (Phi) is 2.76. The van der Waals surface area contributed by atoms with Gasteiger partial charge in [0.05, 0.1) is 5.92 Å². The number of carboxylic acid groups (broad SMARTS) is 1. The molecule has 2 heteroatoms. The molecule has 3 unspecified atom stereocenters. The first-order valence-electron chi connectivity index (χ1n) is 6.19. The van der Waals surface area contributed by atoms with E-state index in [0.29, 0.717) is 0 Å². The molecule has 0 bridgehead atoms. The van der Waals surface area contributed by atoms with Crippen LogP contribution in [0.3, 0.4) is 0 Å². The first kappa shape index (κ1) is 12.2. The fourth-order valence-electron chi connectivity index (χ4n) is 3.55. The van der Waals surface area contributed by atoms with E-state index in [1.54, 1.807) is 0 Å². The van der Waals surface area contributed by atoms with Gasteiger partial charge in [0.15, 0.2) is 0 Å². The molecular weight excluding hydrogens is 212 g/mol. The van der Waals surface area contributed by atoms with Gasteiger partial charge in [-0.05, 0) is 60.4 Å². The molecule has 0 radical (unpaired) electrons. The van der Waals surface area contributed by atoms with Crippen molar-refractivity contribution in [3.63, 3.8) is 0 Å². The Balaban J connectivity index is 2.69. The molecule has 1 aliphatic carbocycles. The van der Waals surface area contributed by atoms with E-state index in [9.17, 15) is 9.90 Å². The Labute approximate surface area is 103 Å². The fraction of sp³-hybridized carbons (Fsp3) is 0.533. The summed E-state index contributed by atoms with van der Waals surface area (Å²) in [5, 5.41) is 9.38. The van der Waals surface area contributed by atoms with Crippen LogP contribution in [-0.2, 0) is 4.79 Å². The molecule has 0 amide bonds. The number of hydrogen-bond acceptors (Lipinski definition) is 1. The summed E-state index contributed by atoms with van der Waals surface area (Å²) >= 11 is 0. The topological polar surface area (TPSA) is 37.3 Å². The van der Waals surface area contributed by atoms with Crippen molar-refractivity contribution in [3.8, 4) is 0 Å². The van der Waals surface area contributed by atoms with Crippen molar-refractivity contribution in [1.82, 2.24) is 0 Å². The van der Waals surface area contributed by atoms with Crippen LogP contribution in [0.2, 0.25) is 0 Å². The van der Waals surface area contributed by atoms with E-state index in [0.717, 1.165) is 0 Å². The average Bonchev–Trinajstić information content (AvgIpc) is 2.47. The number of rotatable bonds is 1. The number of hydrogen-bond donors (Lipinski definition) is 1. The van der Waals surface area contributed by atoms with Gasteiger partial charge in [-0.3, -0.25) is 4.79 Å². The molecule has 0 spiro atoms. The molecule has 2 nitrogen and oxygen atoms in total. The number of carboxylic acids is 1. The summed E-state index contributed by atoms with van der Waals surface area (Å²) in [6, 6.07) is 2.18. The van der Waals surface area contributed by atoms with Gasteiger partial charge < -0.3 is 5.11 Å². The summed E-state index contributed by atoms with van der Waals surface area (Å²) < 4.78 is 0. The van der Waals surface area contributed by atoms with Gasteiger partial charge in [-0.15, -0.1) is 0 Å². The van der Waals surface area contributed by atoms with Crippen molar-refractivity contribution in [3.05, 3.63) is 33.9 Å². The second kappa shape index (κ2) is 3.86. The normalized spacial score (nSPS) is 27.0. The van der Waals surface area contributed by atoms with Crippen molar-refractivity contribution >= 4 is 5.97 Å². The summed E-state index contributed by atoms with van der Waals surface area (Å²) in [6.45, 7) is 10.4. The van der Waals surface area contributed by atoms with Crippen LogP contribution >= 0.6 is 0 Å². The second-order valence-electron chi connectivity index (χ2n) is 5.40. The lowest BCUT2D eigenvalue weighted by molar-refractivity contribution is -0.142. The standard InChI is InChI=1S/C15H20O2/c1-7-6-8(2)12-10(4)14(15(16)17)11(5)13(12)9(7)3/h6,10-11,14H,1-5H3,(H,16,17). The van der Waals surface area contributed by atoms with Gasteiger partial charge in [-0.1, -0.05) is 19.9 Å². The molecular formula is C15H20O2. The quantitative estimate of drug-likeness (QED) is 0.804. The number of fused-ring (bicyclic) bond motifs is 1. The zero-order valence-corrected chi connectivity index (χ0v) is 11.2. The lowest BCUT2D eigenvalue weighted by atomic mass is 9.88. The van der Waals surface area contributed by atoms with Gasteiger partial charge in [0, 0.05) is 0 Å². The summed E-state index contributed by atoms with van der Waals surface area (Å²) in [5.41, 5.74) is 6.33. The molecule has 92 valence electrons. The van der Waals surface area contributed by atoms with E-state index < -0.39 is 5.97 Å². The Bertz CT molecular complexity index is 488. The van der Waals surface area contributed by atoms with E-state index >= 15 is 0 Å². The highest BCUT2D eigenvalue weighted by Gasteiger charge is 2.42. The smallest absolute Gasteiger partial charge is 0.307 e. The maximum Gasteiger partial charge on any atom is 0.307 e. The van der Waals surface area contributed by atoms with Crippen LogP contribution < -0.4 is 0 Å². The SMILES string of the molecule is Cc1cc(C)c2c(c1C)C(C)C(C(=O)O)C2C. The third kappa shape index (κ3) is 1.58. The molecule has 0 aliphatic heterocycles. The minimum atomic E-state index is -0.669. The van der Waals surface area contributed by atoms with Gasteiger partial charge >= 0.3 is 5.97 Å². The largest absolute Gasteiger partial charge is 0.481 e. The minimum Gasteiger partial charge on any atom is -0.481 e. The van der Waals surface area contributed by atoms with Crippen molar-refractivity contribution in [2.45, 2.75) is 46.5 Å². The van der Waals surface area contributed by atoms with E-state index in [2.05, 4.69) is 26.8 Å².